The molecule has 6 heteroatoms. The number of hydrogen-bond donors (Lipinski definition) is 2. The van der Waals surface area contributed by atoms with Gasteiger partial charge in [-0.1, -0.05) is 12.8 Å². The first-order chi connectivity index (χ1) is 11.6. The van der Waals surface area contributed by atoms with Gasteiger partial charge in [-0.3, -0.25) is 4.90 Å². The van der Waals surface area contributed by atoms with Crippen LogP contribution in [0.15, 0.2) is 24.3 Å². The number of urea groups is 1. The summed E-state index contributed by atoms with van der Waals surface area (Å²) in [5, 5.41) is 5.88. The van der Waals surface area contributed by atoms with E-state index in [1.54, 1.807) is 12.1 Å². The Morgan fingerprint density at radius 1 is 1.21 bits per heavy atom. The van der Waals surface area contributed by atoms with Gasteiger partial charge in [-0.2, -0.15) is 0 Å². The maximum absolute atomic E-state index is 13.0. The van der Waals surface area contributed by atoms with E-state index in [1.165, 1.54) is 25.0 Å². The molecule has 1 saturated heterocycles. The van der Waals surface area contributed by atoms with Crippen LogP contribution in [-0.2, 0) is 4.74 Å². The highest BCUT2D eigenvalue weighted by Crippen LogP contribution is 2.38. The number of anilines is 1. The Kier molecular flexibility index (Phi) is 5.36. The normalized spacial score (nSPS) is 22.1. The van der Waals surface area contributed by atoms with Crippen molar-refractivity contribution in [3.05, 3.63) is 30.1 Å². The Labute approximate surface area is 142 Å². The molecule has 1 atom stereocenters. The molecule has 0 aromatic heterocycles. The van der Waals surface area contributed by atoms with Crippen molar-refractivity contribution in [2.24, 2.45) is 0 Å². The Bertz CT molecular complexity index is 552. The predicted molar refractivity (Wildman–Crippen MR) is 91.6 cm³/mol. The Hall–Kier alpha value is -1.66. The highest BCUT2D eigenvalue weighted by Gasteiger charge is 2.44. The number of amides is 2. The predicted octanol–water partition coefficient (Wildman–Crippen LogP) is 2.98. The fourth-order valence-corrected chi connectivity index (χ4v) is 4.05. The molecule has 1 aromatic carbocycles. The lowest BCUT2D eigenvalue weighted by Gasteiger charge is -2.47. The standard InChI is InChI=1S/C18H26FN3O2/c1-14(20-17(23)21-16-6-4-15(19)5-7-16)18(8-2-3-9-18)22-10-12-24-13-11-22/h4-7,14H,2-3,8-13H2,1H3,(H2,20,21,23)/t14-/m0/s1. The van der Waals surface area contributed by atoms with E-state index in [0.29, 0.717) is 5.69 Å². The van der Waals surface area contributed by atoms with Crippen molar-refractivity contribution < 1.29 is 13.9 Å². The number of ether oxygens (including phenoxy) is 1. The molecule has 24 heavy (non-hydrogen) atoms. The average molecular weight is 335 g/mol. The summed E-state index contributed by atoms with van der Waals surface area (Å²) in [5.41, 5.74) is 0.608. The summed E-state index contributed by atoms with van der Waals surface area (Å²) in [6, 6.07) is 5.60. The van der Waals surface area contributed by atoms with Crippen molar-refractivity contribution in [1.29, 1.82) is 0 Å². The fraction of sp³-hybridized carbons (Fsp3) is 0.611. The number of halogens is 1. The molecule has 132 valence electrons. The number of rotatable bonds is 4. The van der Waals surface area contributed by atoms with Gasteiger partial charge in [0.1, 0.15) is 5.82 Å². The van der Waals surface area contributed by atoms with E-state index in [1.807, 2.05) is 0 Å². The Morgan fingerprint density at radius 3 is 2.46 bits per heavy atom. The minimum absolute atomic E-state index is 0.0178. The van der Waals surface area contributed by atoms with E-state index in [4.69, 9.17) is 4.74 Å². The second kappa shape index (κ2) is 7.49. The molecule has 2 fully saturated rings. The summed E-state index contributed by atoms with van der Waals surface area (Å²) in [6.07, 6.45) is 4.60. The van der Waals surface area contributed by atoms with Crippen molar-refractivity contribution in [2.45, 2.75) is 44.2 Å². The van der Waals surface area contributed by atoms with Gasteiger partial charge in [-0.25, -0.2) is 9.18 Å². The quantitative estimate of drug-likeness (QED) is 0.889. The smallest absolute Gasteiger partial charge is 0.319 e. The zero-order valence-electron chi connectivity index (χ0n) is 14.2. The Balaban J connectivity index is 1.63. The van der Waals surface area contributed by atoms with Crippen LogP contribution in [0.5, 0.6) is 0 Å². The average Bonchev–Trinajstić information content (AvgIpc) is 3.09. The molecule has 0 spiro atoms. The molecule has 1 aliphatic carbocycles. The zero-order valence-corrected chi connectivity index (χ0v) is 14.2. The van der Waals surface area contributed by atoms with E-state index in [9.17, 15) is 9.18 Å². The van der Waals surface area contributed by atoms with Crippen LogP contribution in [0.3, 0.4) is 0 Å². The molecule has 1 saturated carbocycles. The molecule has 1 aliphatic heterocycles. The lowest BCUT2D eigenvalue weighted by Crippen LogP contribution is -2.62. The molecule has 3 rings (SSSR count). The van der Waals surface area contributed by atoms with E-state index in [0.717, 1.165) is 39.1 Å². The molecular formula is C18H26FN3O2. The van der Waals surface area contributed by atoms with Crippen LogP contribution in [0.25, 0.3) is 0 Å². The van der Waals surface area contributed by atoms with E-state index in [-0.39, 0.29) is 23.4 Å². The van der Waals surface area contributed by atoms with Crippen molar-refractivity contribution >= 4 is 11.7 Å². The van der Waals surface area contributed by atoms with Gasteiger partial charge in [0.2, 0.25) is 0 Å². The third-order valence-corrected chi connectivity index (χ3v) is 5.37. The first-order valence-corrected chi connectivity index (χ1v) is 8.76. The first kappa shape index (κ1) is 17.2. The number of carbonyl (C=O) groups excluding carboxylic acids is 1. The summed E-state index contributed by atoms with van der Waals surface area (Å²) in [5.74, 6) is -0.313. The molecule has 2 amide bonds. The lowest BCUT2D eigenvalue weighted by atomic mass is 9.86. The number of nitrogens with zero attached hydrogens (tertiary/aromatic N) is 1. The van der Waals surface area contributed by atoms with Gasteiger partial charge in [0.25, 0.3) is 0 Å². The molecule has 2 N–H and O–H groups in total. The molecule has 0 radical (unpaired) electrons. The summed E-state index contributed by atoms with van der Waals surface area (Å²) in [4.78, 5) is 14.8. The molecule has 2 aliphatic rings. The Morgan fingerprint density at radius 2 is 1.83 bits per heavy atom. The summed E-state index contributed by atoms with van der Waals surface area (Å²) in [7, 11) is 0. The van der Waals surface area contributed by atoms with Crippen molar-refractivity contribution in [2.75, 3.05) is 31.6 Å². The minimum atomic E-state index is -0.313. The highest BCUT2D eigenvalue weighted by atomic mass is 19.1. The van der Waals surface area contributed by atoms with Gasteiger partial charge < -0.3 is 15.4 Å². The third kappa shape index (κ3) is 3.70. The van der Waals surface area contributed by atoms with Gasteiger partial charge in [0.15, 0.2) is 0 Å². The third-order valence-electron chi connectivity index (χ3n) is 5.37. The van der Waals surface area contributed by atoms with Crippen LogP contribution >= 0.6 is 0 Å². The summed E-state index contributed by atoms with van der Waals surface area (Å²) >= 11 is 0. The second-order valence-corrected chi connectivity index (χ2v) is 6.74. The SMILES string of the molecule is C[C@H](NC(=O)Nc1ccc(F)cc1)C1(N2CCOCC2)CCCC1. The fourth-order valence-electron chi connectivity index (χ4n) is 4.05. The monoisotopic (exact) mass is 335 g/mol. The maximum Gasteiger partial charge on any atom is 0.319 e. The van der Waals surface area contributed by atoms with Gasteiger partial charge in [-0.15, -0.1) is 0 Å². The molecule has 0 unspecified atom stereocenters. The van der Waals surface area contributed by atoms with E-state index < -0.39 is 0 Å². The number of nitrogens with one attached hydrogen (secondary N) is 2. The molecule has 0 bridgehead atoms. The first-order valence-electron chi connectivity index (χ1n) is 8.76. The van der Waals surface area contributed by atoms with Gasteiger partial charge in [0.05, 0.1) is 13.2 Å². The number of benzene rings is 1. The van der Waals surface area contributed by atoms with Crippen LogP contribution in [0.1, 0.15) is 32.6 Å². The van der Waals surface area contributed by atoms with Crippen LogP contribution in [0.4, 0.5) is 14.9 Å². The van der Waals surface area contributed by atoms with Crippen LogP contribution < -0.4 is 10.6 Å². The maximum atomic E-state index is 13.0. The largest absolute Gasteiger partial charge is 0.379 e. The van der Waals surface area contributed by atoms with Gasteiger partial charge >= 0.3 is 6.03 Å². The lowest BCUT2D eigenvalue weighted by molar-refractivity contribution is -0.0315. The molecule has 5 nitrogen and oxygen atoms in total. The number of hydrogen-bond acceptors (Lipinski definition) is 3. The molecule has 1 aromatic rings. The second-order valence-electron chi connectivity index (χ2n) is 6.74. The number of carbonyl (C=O) groups is 1. The zero-order chi connectivity index (χ0) is 17.0. The van der Waals surface area contributed by atoms with Crippen molar-refractivity contribution in [3.8, 4) is 0 Å². The summed E-state index contributed by atoms with van der Waals surface area (Å²) in [6.45, 7) is 5.45. The topological polar surface area (TPSA) is 53.6 Å². The van der Waals surface area contributed by atoms with E-state index in [2.05, 4.69) is 22.5 Å². The summed E-state index contributed by atoms with van der Waals surface area (Å²) < 4.78 is 18.4. The van der Waals surface area contributed by atoms with Crippen LogP contribution in [0.2, 0.25) is 0 Å². The number of morpholine rings is 1. The van der Waals surface area contributed by atoms with Gasteiger partial charge in [0, 0.05) is 30.4 Å². The minimum Gasteiger partial charge on any atom is -0.379 e. The highest BCUT2D eigenvalue weighted by molar-refractivity contribution is 5.89. The molecule has 1 heterocycles. The van der Waals surface area contributed by atoms with Crippen molar-refractivity contribution in [1.82, 2.24) is 10.2 Å². The van der Waals surface area contributed by atoms with Crippen LogP contribution in [-0.4, -0.2) is 48.8 Å². The van der Waals surface area contributed by atoms with Crippen molar-refractivity contribution in [3.63, 3.8) is 0 Å². The van der Waals surface area contributed by atoms with Crippen LogP contribution in [0, 0.1) is 5.82 Å². The molecular weight excluding hydrogens is 309 g/mol. The van der Waals surface area contributed by atoms with E-state index >= 15 is 0 Å². The van der Waals surface area contributed by atoms with Gasteiger partial charge in [-0.05, 0) is 44.0 Å².